The van der Waals surface area contributed by atoms with Crippen LogP contribution in [0.4, 0.5) is 0 Å². The van der Waals surface area contributed by atoms with E-state index in [1.165, 1.54) is 5.56 Å². The number of pyridine rings is 1. The van der Waals surface area contributed by atoms with E-state index in [4.69, 9.17) is 4.74 Å². The Morgan fingerprint density at radius 3 is 2.71 bits per heavy atom. The highest BCUT2D eigenvalue weighted by atomic mass is 32.2. The SMILES string of the molecule is CC1=CSC(n2ccc(OCc3csc(C)n3)cc2=O)N1Cc1ccccc1. The van der Waals surface area contributed by atoms with Gasteiger partial charge in [0.2, 0.25) is 0 Å². The Labute approximate surface area is 172 Å². The third kappa shape index (κ3) is 4.15. The Morgan fingerprint density at radius 1 is 1.18 bits per heavy atom. The van der Waals surface area contributed by atoms with Gasteiger partial charge in [-0.25, -0.2) is 4.98 Å². The lowest BCUT2D eigenvalue weighted by molar-refractivity contribution is 0.261. The third-order valence-electron chi connectivity index (χ3n) is 4.49. The van der Waals surface area contributed by atoms with Crippen LogP contribution in [-0.2, 0) is 13.2 Å². The number of hydrogen-bond acceptors (Lipinski definition) is 6. The molecule has 1 unspecified atom stereocenters. The summed E-state index contributed by atoms with van der Waals surface area (Å²) >= 11 is 3.23. The minimum absolute atomic E-state index is 0.0781. The number of aryl methyl sites for hydroxylation is 1. The van der Waals surface area contributed by atoms with Gasteiger partial charge in [0, 0.05) is 29.9 Å². The predicted molar refractivity (Wildman–Crippen MR) is 114 cm³/mol. The maximum Gasteiger partial charge on any atom is 0.256 e. The van der Waals surface area contributed by atoms with E-state index in [9.17, 15) is 4.79 Å². The van der Waals surface area contributed by atoms with E-state index in [1.54, 1.807) is 33.7 Å². The monoisotopic (exact) mass is 411 g/mol. The fourth-order valence-electron chi connectivity index (χ4n) is 3.05. The third-order valence-corrected chi connectivity index (χ3v) is 6.51. The van der Waals surface area contributed by atoms with E-state index in [-0.39, 0.29) is 11.1 Å². The van der Waals surface area contributed by atoms with Gasteiger partial charge in [0.15, 0.2) is 5.50 Å². The molecule has 1 aliphatic heterocycles. The van der Waals surface area contributed by atoms with Gasteiger partial charge in [-0.1, -0.05) is 42.1 Å². The molecule has 0 fully saturated rings. The van der Waals surface area contributed by atoms with Crippen molar-refractivity contribution in [1.29, 1.82) is 0 Å². The van der Waals surface area contributed by atoms with Gasteiger partial charge in [0.05, 0.1) is 10.7 Å². The highest BCUT2D eigenvalue weighted by Crippen LogP contribution is 2.39. The van der Waals surface area contributed by atoms with E-state index in [0.29, 0.717) is 12.4 Å². The van der Waals surface area contributed by atoms with Gasteiger partial charge in [-0.3, -0.25) is 9.36 Å². The van der Waals surface area contributed by atoms with Gasteiger partial charge < -0.3 is 9.64 Å². The second-order valence-electron chi connectivity index (χ2n) is 6.59. The van der Waals surface area contributed by atoms with Crippen LogP contribution in [0.1, 0.15) is 28.7 Å². The van der Waals surface area contributed by atoms with Crippen molar-refractivity contribution in [3.8, 4) is 5.75 Å². The van der Waals surface area contributed by atoms with Gasteiger partial charge in [0.25, 0.3) is 5.56 Å². The molecule has 0 radical (unpaired) electrons. The van der Waals surface area contributed by atoms with Gasteiger partial charge in [-0.15, -0.1) is 11.3 Å². The molecule has 2 aromatic heterocycles. The first-order valence-corrected chi connectivity index (χ1v) is 10.8. The Hall–Kier alpha value is -2.51. The second-order valence-corrected chi connectivity index (χ2v) is 8.58. The van der Waals surface area contributed by atoms with Crippen molar-refractivity contribution in [2.24, 2.45) is 0 Å². The smallest absolute Gasteiger partial charge is 0.256 e. The van der Waals surface area contributed by atoms with Gasteiger partial charge in [0.1, 0.15) is 12.4 Å². The van der Waals surface area contributed by atoms with Crippen LogP contribution in [0.2, 0.25) is 0 Å². The van der Waals surface area contributed by atoms with E-state index in [0.717, 1.165) is 22.9 Å². The molecule has 28 heavy (non-hydrogen) atoms. The van der Waals surface area contributed by atoms with Gasteiger partial charge >= 0.3 is 0 Å². The standard InChI is InChI=1S/C21H21N3O2S2/c1-15-13-28-21(24(15)11-17-6-4-3-5-7-17)23-9-8-19(10-20(23)25)26-12-18-14-27-16(2)22-18/h3-10,13-14,21H,11-12H2,1-2H3. The van der Waals surface area contributed by atoms with E-state index in [2.05, 4.69) is 34.3 Å². The summed E-state index contributed by atoms with van der Waals surface area (Å²) in [5, 5.41) is 5.09. The fourth-order valence-corrected chi connectivity index (χ4v) is 4.79. The molecule has 0 N–H and O–H groups in total. The molecule has 4 rings (SSSR count). The summed E-state index contributed by atoms with van der Waals surface area (Å²) in [6, 6.07) is 13.7. The van der Waals surface area contributed by atoms with Crippen molar-refractivity contribution in [3.63, 3.8) is 0 Å². The highest BCUT2D eigenvalue weighted by Gasteiger charge is 2.26. The quantitative estimate of drug-likeness (QED) is 0.585. The molecular formula is C21H21N3O2S2. The maximum atomic E-state index is 12.8. The van der Waals surface area contributed by atoms with Crippen molar-refractivity contribution in [3.05, 3.63) is 91.8 Å². The Morgan fingerprint density at radius 2 is 2.00 bits per heavy atom. The van der Waals surface area contributed by atoms with Crippen LogP contribution in [0, 0.1) is 6.92 Å². The molecule has 0 bridgehead atoms. The number of nitrogens with zero attached hydrogens (tertiary/aromatic N) is 3. The lowest BCUT2D eigenvalue weighted by Gasteiger charge is -2.29. The number of thiazole rings is 1. The number of hydrogen-bond donors (Lipinski definition) is 0. The summed E-state index contributed by atoms with van der Waals surface area (Å²) in [5.74, 6) is 0.564. The van der Waals surface area contributed by atoms with Crippen molar-refractivity contribution in [2.75, 3.05) is 0 Å². The fraction of sp³-hybridized carbons (Fsp3) is 0.238. The molecular weight excluding hydrogens is 390 g/mol. The molecule has 0 spiro atoms. The molecule has 1 aromatic carbocycles. The summed E-state index contributed by atoms with van der Waals surface area (Å²) in [6.07, 6.45) is 1.81. The molecule has 5 nitrogen and oxygen atoms in total. The van der Waals surface area contributed by atoms with Crippen molar-refractivity contribution in [1.82, 2.24) is 14.5 Å². The Kier molecular flexibility index (Phi) is 5.54. The molecule has 144 valence electrons. The van der Waals surface area contributed by atoms with Gasteiger partial charge in [-0.2, -0.15) is 0 Å². The number of benzene rings is 1. The first-order valence-electron chi connectivity index (χ1n) is 8.99. The summed E-state index contributed by atoms with van der Waals surface area (Å²) in [6.45, 7) is 5.17. The maximum absolute atomic E-state index is 12.8. The van der Waals surface area contributed by atoms with E-state index in [1.807, 2.05) is 42.8 Å². The zero-order valence-electron chi connectivity index (χ0n) is 15.7. The average Bonchev–Trinajstić information content (AvgIpc) is 3.27. The predicted octanol–water partition coefficient (Wildman–Crippen LogP) is 4.76. The lowest BCUT2D eigenvalue weighted by atomic mass is 10.2. The Balaban J connectivity index is 1.49. The van der Waals surface area contributed by atoms with Crippen LogP contribution in [-0.4, -0.2) is 14.5 Å². The topological polar surface area (TPSA) is 47.4 Å². The van der Waals surface area contributed by atoms with Crippen LogP contribution < -0.4 is 10.3 Å². The number of thioether (sulfide) groups is 1. The molecule has 7 heteroatoms. The van der Waals surface area contributed by atoms with Gasteiger partial charge in [-0.05, 0) is 30.9 Å². The second kappa shape index (κ2) is 8.24. The van der Waals surface area contributed by atoms with Crippen LogP contribution in [0.3, 0.4) is 0 Å². The number of rotatable bonds is 6. The molecule has 0 saturated carbocycles. The number of aromatic nitrogens is 2. The van der Waals surface area contributed by atoms with Crippen molar-refractivity contribution < 1.29 is 4.74 Å². The summed E-state index contributed by atoms with van der Waals surface area (Å²) in [5.41, 5.74) is 3.08. The van der Waals surface area contributed by atoms with Crippen molar-refractivity contribution >= 4 is 23.1 Å². The molecule has 3 heterocycles. The lowest BCUT2D eigenvalue weighted by Crippen LogP contribution is -2.32. The molecule has 0 amide bonds. The first-order chi connectivity index (χ1) is 13.6. The average molecular weight is 412 g/mol. The normalized spacial score (nSPS) is 16.3. The van der Waals surface area contributed by atoms with E-state index < -0.39 is 0 Å². The summed E-state index contributed by atoms with van der Waals surface area (Å²) < 4.78 is 7.50. The van der Waals surface area contributed by atoms with Crippen LogP contribution in [0.15, 0.2) is 69.9 Å². The molecule has 0 aliphatic carbocycles. The van der Waals surface area contributed by atoms with E-state index >= 15 is 0 Å². The van der Waals surface area contributed by atoms with Crippen molar-refractivity contribution in [2.45, 2.75) is 32.5 Å². The van der Waals surface area contributed by atoms with Crippen LogP contribution in [0.25, 0.3) is 0 Å². The largest absolute Gasteiger partial charge is 0.487 e. The highest BCUT2D eigenvalue weighted by molar-refractivity contribution is 8.02. The Bertz CT molecular complexity index is 1040. The minimum atomic E-state index is -0.0945. The van der Waals surface area contributed by atoms with Crippen LogP contribution >= 0.6 is 23.1 Å². The number of allylic oxidation sites excluding steroid dienone is 1. The number of ether oxygens (including phenoxy) is 1. The summed E-state index contributed by atoms with van der Waals surface area (Å²) in [7, 11) is 0. The molecule has 1 aliphatic rings. The van der Waals surface area contributed by atoms with Crippen LogP contribution in [0.5, 0.6) is 5.75 Å². The zero-order valence-corrected chi connectivity index (χ0v) is 17.4. The molecule has 3 aromatic rings. The molecule has 0 saturated heterocycles. The molecule has 1 atom stereocenters. The minimum Gasteiger partial charge on any atom is -0.487 e. The zero-order chi connectivity index (χ0) is 19.5. The summed E-state index contributed by atoms with van der Waals surface area (Å²) in [4.78, 5) is 19.4. The first kappa shape index (κ1) is 18.8.